The number of carbonyl (C=O) groups is 1. The van der Waals surface area contributed by atoms with Crippen molar-refractivity contribution < 1.29 is 14.3 Å². The lowest BCUT2D eigenvalue weighted by atomic mass is 10.2. The van der Waals surface area contributed by atoms with Crippen LogP contribution in [0, 0.1) is 0 Å². The Balaban J connectivity index is 1.91. The number of hydrogen-bond acceptors (Lipinski definition) is 4. The second kappa shape index (κ2) is 6.77. The smallest absolute Gasteiger partial charge is 0.412 e. The van der Waals surface area contributed by atoms with Crippen molar-refractivity contribution in [2.45, 2.75) is 6.61 Å². The number of rotatable bonds is 4. The highest BCUT2D eigenvalue weighted by molar-refractivity contribution is 6.32. The van der Waals surface area contributed by atoms with Crippen molar-refractivity contribution in [3.8, 4) is 5.88 Å². The molecule has 0 unspecified atom stereocenters. The Labute approximate surface area is 121 Å². The van der Waals surface area contributed by atoms with E-state index in [0.717, 1.165) is 5.56 Å². The number of aromatic nitrogens is 1. The first-order chi connectivity index (χ1) is 9.69. The molecule has 6 heteroatoms. The van der Waals surface area contributed by atoms with Gasteiger partial charge in [-0.2, -0.15) is 4.98 Å². The molecule has 1 aromatic carbocycles. The Morgan fingerprint density at radius 1 is 1.25 bits per heavy atom. The highest BCUT2D eigenvalue weighted by atomic mass is 35.5. The number of hydrogen-bond donors (Lipinski definition) is 1. The Kier molecular flexibility index (Phi) is 4.79. The SMILES string of the molecule is COc1ccc(NC(=O)OCc2ccccc2)c(Cl)n1. The van der Waals surface area contributed by atoms with Gasteiger partial charge in [-0.3, -0.25) is 5.32 Å². The van der Waals surface area contributed by atoms with Gasteiger partial charge in [-0.05, 0) is 11.6 Å². The van der Waals surface area contributed by atoms with Gasteiger partial charge in [0, 0.05) is 6.07 Å². The molecule has 0 saturated heterocycles. The molecule has 0 spiro atoms. The molecule has 1 heterocycles. The van der Waals surface area contributed by atoms with Crippen LogP contribution in [-0.2, 0) is 11.3 Å². The van der Waals surface area contributed by atoms with E-state index in [-0.39, 0.29) is 11.8 Å². The molecule has 1 N–H and O–H groups in total. The molecular formula is C14H13ClN2O3. The van der Waals surface area contributed by atoms with E-state index in [9.17, 15) is 4.79 Å². The van der Waals surface area contributed by atoms with Gasteiger partial charge in [0.25, 0.3) is 0 Å². The molecule has 0 aliphatic carbocycles. The molecule has 5 nitrogen and oxygen atoms in total. The highest BCUT2D eigenvalue weighted by Gasteiger charge is 2.09. The normalized spacial score (nSPS) is 9.90. The van der Waals surface area contributed by atoms with E-state index in [1.165, 1.54) is 7.11 Å². The molecule has 0 radical (unpaired) electrons. The van der Waals surface area contributed by atoms with Crippen LogP contribution in [0.1, 0.15) is 5.56 Å². The largest absolute Gasteiger partial charge is 0.481 e. The number of amides is 1. The van der Waals surface area contributed by atoms with E-state index in [1.54, 1.807) is 12.1 Å². The Morgan fingerprint density at radius 2 is 2.00 bits per heavy atom. The maximum Gasteiger partial charge on any atom is 0.412 e. The summed E-state index contributed by atoms with van der Waals surface area (Å²) in [5.41, 5.74) is 1.27. The lowest BCUT2D eigenvalue weighted by molar-refractivity contribution is 0.155. The number of methoxy groups -OCH3 is 1. The summed E-state index contributed by atoms with van der Waals surface area (Å²) in [4.78, 5) is 15.6. The van der Waals surface area contributed by atoms with Gasteiger partial charge in [0.1, 0.15) is 6.61 Å². The van der Waals surface area contributed by atoms with Crippen molar-refractivity contribution in [1.29, 1.82) is 0 Å². The summed E-state index contributed by atoms with van der Waals surface area (Å²) in [6, 6.07) is 12.6. The van der Waals surface area contributed by atoms with Gasteiger partial charge < -0.3 is 9.47 Å². The van der Waals surface area contributed by atoms with Crippen LogP contribution in [0.4, 0.5) is 10.5 Å². The zero-order chi connectivity index (χ0) is 14.4. The summed E-state index contributed by atoms with van der Waals surface area (Å²) in [6.07, 6.45) is -0.595. The van der Waals surface area contributed by atoms with E-state index in [2.05, 4.69) is 10.3 Å². The number of halogens is 1. The number of nitrogens with zero attached hydrogens (tertiary/aromatic N) is 1. The van der Waals surface area contributed by atoms with Crippen molar-refractivity contribution in [3.05, 3.63) is 53.2 Å². The van der Waals surface area contributed by atoms with Crippen LogP contribution in [0.3, 0.4) is 0 Å². The van der Waals surface area contributed by atoms with Gasteiger partial charge in [-0.1, -0.05) is 41.9 Å². The van der Waals surface area contributed by atoms with E-state index in [4.69, 9.17) is 21.1 Å². The van der Waals surface area contributed by atoms with Crippen LogP contribution >= 0.6 is 11.6 Å². The standard InChI is InChI=1S/C14H13ClN2O3/c1-19-12-8-7-11(13(15)17-12)16-14(18)20-9-10-5-3-2-4-6-10/h2-8H,9H2,1H3,(H,16,18). The van der Waals surface area contributed by atoms with E-state index >= 15 is 0 Å². The van der Waals surface area contributed by atoms with Crippen LogP contribution in [0.15, 0.2) is 42.5 Å². The molecule has 0 atom stereocenters. The molecule has 0 aliphatic rings. The minimum atomic E-state index is -0.595. The average Bonchev–Trinajstić information content (AvgIpc) is 2.48. The third-order valence-corrected chi connectivity index (χ3v) is 2.77. The summed E-state index contributed by atoms with van der Waals surface area (Å²) in [5.74, 6) is 0.373. The number of nitrogens with one attached hydrogen (secondary N) is 1. The van der Waals surface area contributed by atoms with Crippen molar-refractivity contribution in [2.75, 3.05) is 12.4 Å². The van der Waals surface area contributed by atoms with Crippen molar-refractivity contribution >= 4 is 23.4 Å². The first-order valence-electron chi connectivity index (χ1n) is 5.87. The molecule has 1 aromatic heterocycles. The number of ether oxygens (including phenoxy) is 2. The fourth-order valence-corrected chi connectivity index (χ4v) is 1.69. The zero-order valence-corrected chi connectivity index (χ0v) is 11.6. The summed E-state index contributed by atoms with van der Waals surface area (Å²) >= 11 is 5.91. The topological polar surface area (TPSA) is 60.5 Å². The van der Waals surface area contributed by atoms with Crippen LogP contribution < -0.4 is 10.1 Å². The Hall–Kier alpha value is -2.27. The predicted octanol–water partition coefficient (Wildman–Crippen LogP) is 3.49. The maximum absolute atomic E-state index is 11.6. The van der Waals surface area contributed by atoms with E-state index in [0.29, 0.717) is 11.6 Å². The molecular weight excluding hydrogens is 280 g/mol. The molecule has 0 bridgehead atoms. The Bertz CT molecular complexity index is 590. The van der Waals surface area contributed by atoms with Crippen molar-refractivity contribution in [3.63, 3.8) is 0 Å². The minimum Gasteiger partial charge on any atom is -0.481 e. The second-order valence-corrected chi connectivity index (χ2v) is 4.24. The van der Waals surface area contributed by atoms with Crippen LogP contribution in [0.5, 0.6) is 5.88 Å². The lowest BCUT2D eigenvalue weighted by Crippen LogP contribution is -2.14. The van der Waals surface area contributed by atoms with Gasteiger partial charge in [0.05, 0.1) is 12.8 Å². The van der Waals surface area contributed by atoms with Gasteiger partial charge in [-0.25, -0.2) is 4.79 Å². The summed E-state index contributed by atoms with van der Waals surface area (Å²) in [6.45, 7) is 0.188. The molecule has 0 saturated carbocycles. The fourth-order valence-electron chi connectivity index (χ4n) is 1.49. The predicted molar refractivity (Wildman–Crippen MR) is 76.0 cm³/mol. The molecule has 2 rings (SSSR count). The van der Waals surface area contributed by atoms with Crippen LogP contribution in [0.25, 0.3) is 0 Å². The number of benzene rings is 1. The second-order valence-electron chi connectivity index (χ2n) is 3.88. The summed E-state index contributed by atoms with van der Waals surface area (Å²) in [5, 5.41) is 2.66. The zero-order valence-electron chi connectivity index (χ0n) is 10.8. The monoisotopic (exact) mass is 292 g/mol. The van der Waals surface area contributed by atoms with Gasteiger partial charge >= 0.3 is 6.09 Å². The maximum atomic E-state index is 11.6. The first kappa shape index (κ1) is 14.1. The van der Waals surface area contributed by atoms with Gasteiger partial charge in [-0.15, -0.1) is 0 Å². The lowest BCUT2D eigenvalue weighted by Gasteiger charge is -2.08. The van der Waals surface area contributed by atoms with Crippen LogP contribution in [-0.4, -0.2) is 18.2 Å². The molecule has 0 aliphatic heterocycles. The molecule has 20 heavy (non-hydrogen) atoms. The van der Waals surface area contributed by atoms with Crippen molar-refractivity contribution in [2.24, 2.45) is 0 Å². The molecule has 0 fully saturated rings. The molecule has 2 aromatic rings. The van der Waals surface area contributed by atoms with Crippen LogP contribution in [0.2, 0.25) is 5.15 Å². The minimum absolute atomic E-state index is 0.140. The fraction of sp³-hybridized carbons (Fsp3) is 0.143. The highest BCUT2D eigenvalue weighted by Crippen LogP contribution is 2.22. The van der Waals surface area contributed by atoms with Gasteiger partial charge in [0.15, 0.2) is 5.15 Å². The van der Waals surface area contributed by atoms with Crippen molar-refractivity contribution in [1.82, 2.24) is 4.98 Å². The third-order valence-electron chi connectivity index (χ3n) is 2.48. The third kappa shape index (κ3) is 3.86. The molecule has 104 valence electrons. The molecule has 1 amide bonds. The van der Waals surface area contributed by atoms with E-state index < -0.39 is 6.09 Å². The first-order valence-corrected chi connectivity index (χ1v) is 6.25. The van der Waals surface area contributed by atoms with Gasteiger partial charge in [0.2, 0.25) is 5.88 Å². The number of pyridine rings is 1. The summed E-state index contributed by atoms with van der Waals surface area (Å²) < 4.78 is 10.00. The number of carbonyl (C=O) groups excluding carboxylic acids is 1. The summed E-state index contributed by atoms with van der Waals surface area (Å²) in [7, 11) is 1.49. The Morgan fingerprint density at radius 3 is 2.65 bits per heavy atom. The quantitative estimate of drug-likeness (QED) is 0.876. The number of anilines is 1. The average molecular weight is 293 g/mol. The van der Waals surface area contributed by atoms with E-state index in [1.807, 2.05) is 30.3 Å².